The van der Waals surface area contributed by atoms with Crippen LogP contribution in [0.15, 0.2) is 23.6 Å². The third-order valence-electron chi connectivity index (χ3n) is 3.02. The molecule has 0 unspecified atom stereocenters. The quantitative estimate of drug-likeness (QED) is 0.828. The normalized spacial score (nSPS) is 11.2. The number of amides is 1. The Labute approximate surface area is 147 Å². The van der Waals surface area contributed by atoms with Crippen LogP contribution < -0.4 is 5.32 Å². The lowest BCUT2D eigenvalue weighted by Crippen LogP contribution is -2.50. The van der Waals surface area contributed by atoms with Crippen LogP contribution in [0.4, 0.5) is 0 Å². The number of hydrogen-bond acceptors (Lipinski definition) is 5. The van der Waals surface area contributed by atoms with Gasteiger partial charge in [0.2, 0.25) is 0 Å². The number of nitrogens with one attached hydrogen (secondary N) is 1. The van der Waals surface area contributed by atoms with Crippen LogP contribution >= 0.6 is 34.5 Å². The van der Waals surface area contributed by atoms with Gasteiger partial charge < -0.3 is 10.1 Å². The van der Waals surface area contributed by atoms with Gasteiger partial charge in [-0.3, -0.25) is 4.79 Å². The van der Waals surface area contributed by atoms with E-state index in [-0.39, 0.29) is 5.69 Å². The Balaban J connectivity index is 2.22. The summed E-state index contributed by atoms with van der Waals surface area (Å²) >= 11 is 13.3. The SMILES string of the molecule is COC(=O)C(C)(C)NC(=O)c1csc(-c2ccc(Cl)cc2Cl)n1. The number of rotatable bonds is 4. The van der Waals surface area contributed by atoms with Crippen molar-refractivity contribution in [1.29, 1.82) is 0 Å². The zero-order chi connectivity index (χ0) is 17.2. The summed E-state index contributed by atoms with van der Waals surface area (Å²) in [6.07, 6.45) is 0. The number of halogens is 2. The molecular weight excluding hydrogens is 359 g/mol. The lowest BCUT2D eigenvalue weighted by molar-refractivity contribution is -0.146. The van der Waals surface area contributed by atoms with Crippen LogP contribution in [0.2, 0.25) is 10.0 Å². The van der Waals surface area contributed by atoms with Crippen molar-refractivity contribution >= 4 is 46.4 Å². The van der Waals surface area contributed by atoms with E-state index in [9.17, 15) is 9.59 Å². The topological polar surface area (TPSA) is 68.3 Å². The molecule has 23 heavy (non-hydrogen) atoms. The minimum atomic E-state index is -1.15. The molecule has 5 nitrogen and oxygen atoms in total. The zero-order valence-corrected chi connectivity index (χ0v) is 15.0. The van der Waals surface area contributed by atoms with Gasteiger partial charge in [0, 0.05) is 16.0 Å². The summed E-state index contributed by atoms with van der Waals surface area (Å²) < 4.78 is 4.65. The number of methoxy groups -OCH3 is 1. The second-order valence-electron chi connectivity index (χ2n) is 5.23. The average molecular weight is 373 g/mol. The molecule has 0 aliphatic heterocycles. The molecular formula is C15H14Cl2N2O3S. The maximum absolute atomic E-state index is 12.2. The molecule has 1 heterocycles. The number of ether oxygens (including phenoxy) is 1. The van der Waals surface area contributed by atoms with Gasteiger partial charge in [-0.15, -0.1) is 11.3 Å². The van der Waals surface area contributed by atoms with Gasteiger partial charge in [0.25, 0.3) is 5.91 Å². The van der Waals surface area contributed by atoms with Gasteiger partial charge in [-0.1, -0.05) is 23.2 Å². The van der Waals surface area contributed by atoms with Crippen LogP contribution in [0.5, 0.6) is 0 Å². The largest absolute Gasteiger partial charge is 0.467 e. The van der Waals surface area contributed by atoms with E-state index >= 15 is 0 Å². The Bertz CT molecular complexity index is 759. The minimum absolute atomic E-state index is 0.202. The van der Waals surface area contributed by atoms with Gasteiger partial charge in [0.15, 0.2) is 0 Å². The summed E-state index contributed by atoms with van der Waals surface area (Å²) in [6.45, 7) is 3.11. The molecule has 0 spiro atoms. The molecule has 1 amide bonds. The Morgan fingerprint density at radius 3 is 2.61 bits per heavy atom. The number of esters is 1. The fourth-order valence-corrected chi connectivity index (χ4v) is 3.21. The number of aromatic nitrogens is 1. The van der Waals surface area contributed by atoms with Crippen LogP contribution in [0.3, 0.4) is 0 Å². The Hall–Kier alpha value is -1.63. The molecule has 1 N–H and O–H groups in total. The van der Waals surface area contributed by atoms with E-state index in [0.29, 0.717) is 20.6 Å². The summed E-state index contributed by atoms with van der Waals surface area (Å²) in [7, 11) is 1.26. The number of thiazole rings is 1. The van der Waals surface area contributed by atoms with Crippen molar-refractivity contribution in [2.24, 2.45) is 0 Å². The molecule has 0 saturated carbocycles. The van der Waals surface area contributed by atoms with Gasteiger partial charge >= 0.3 is 5.97 Å². The molecule has 2 aromatic rings. The number of nitrogens with zero attached hydrogens (tertiary/aromatic N) is 1. The first kappa shape index (κ1) is 17.7. The summed E-state index contributed by atoms with van der Waals surface area (Å²) in [5, 5.41) is 5.75. The molecule has 0 radical (unpaired) electrons. The van der Waals surface area contributed by atoms with Crippen molar-refractivity contribution in [2.45, 2.75) is 19.4 Å². The van der Waals surface area contributed by atoms with Crippen molar-refractivity contribution in [2.75, 3.05) is 7.11 Å². The molecule has 8 heteroatoms. The monoisotopic (exact) mass is 372 g/mol. The van der Waals surface area contributed by atoms with Crippen LogP contribution in [0.25, 0.3) is 10.6 Å². The Morgan fingerprint density at radius 2 is 2.00 bits per heavy atom. The zero-order valence-electron chi connectivity index (χ0n) is 12.6. The summed E-state index contributed by atoms with van der Waals surface area (Å²) in [6, 6.07) is 5.05. The number of hydrogen-bond donors (Lipinski definition) is 1. The molecule has 1 aromatic carbocycles. The fraction of sp³-hybridized carbons (Fsp3) is 0.267. The van der Waals surface area contributed by atoms with Crippen molar-refractivity contribution in [1.82, 2.24) is 10.3 Å². The molecule has 0 atom stereocenters. The maximum Gasteiger partial charge on any atom is 0.330 e. The van der Waals surface area contributed by atoms with Crippen LogP contribution in [-0.4, -0.2) is 29.5 Å². The van der Waals surface area contributed by atoms with E-state index in [1.54, 1.807) is 37.4 Å². The highest BCUT2D eigenvalue weighted by Gasteiger charge is 2.31. The van der Waals surface area contributed by atoms with E-state index in [4.69, 9.17) is 23.2 Å². The Morgan fingerprint density at radius 1 is 1.30 bits per heavy atom. The van der Waals surface area contributed by atoms with Crippen LogP contribution in [0.1, 0.15) is 24.3 Å². The van der Waals surface area contributed by atoms with Gasteiger partial charge in [-0.25, -0.2) is 9.78 Å². The van der Waals surface area contributed by atoms with Crippen LogP contribution in [-0.2, 0) is 9.53 Å². The predicted octanol–water partition coefficient (Wildman–Crippen LogP) is 3.80. The first-order valence-electron chi connectivity index (χ1n) is 6.56. The van der Waals surface area contributed by atoms with E-state index < -0.39 is 17.4 Å². The molecule has 0 saturated heterocycles. The van der Waals surface area contributed by atoms with Crippen molar-refractivity contribution in [3.8, 4) is 10.6 Å². The molecule has 0 bridgehead atoms. The smallest absolute Gasteiger partial charge is 0.330 e. The highest BCUT2D eigenvalue weighted by atomic mass is 35.5. The lowest BCUT2D eigenvalue weighted by atomic mass is 10.1. The lowest BCUT2D eigenvalue weighted by Gasteiger charge is -2.22. The maximum atomic E-state index is 12.2. The Kier molecular flexibility index (Phi) is 5.29. The third kappa shape index (κ3) is 4.02. The molecule has 2 rings (SSSR count). The van der Waals surface area contributed by atoms with Crippen molar-refractivity contribution in [3.63, 3.8) is 0 Å². The molecule has 0 aliphatic carbocycles. The minimum Gasteiger partial charge on any atom is -0.467 e. The van der Waals surface area contributed by atoms with Crippen molar-refractivity contribution < 1.29 is 14.3 Å². The van der Waals surface area contributed by atoms with E-state index in [2.05, 4.69) is 15.0 Å². The third-order valence-corrected chi connectivity index (χ3v) is 4.44. The number of carbonyl (C=O) groups excluding carboxylic acids is 2. The van der Waals surface area contributed by atoms with Gasteiger partial charge in [0.1, 0.15) is 16.2 Å². The molecule has 1 aromatic heterocycles. The van der Waals surface area contributed by atoms with E-state index in [0.717, 1.165) is 0 Å². The van der Waals surface area contributed by atoms with E-state index in [1.807, 2.05) is 0 Å². The molecule has 0 aliphatic rings. The van der Waals surface area contributed by atoms with Crippen molar-refractivity contribution in [3.05, 3.63) is 39.3 Å². The van der Waals surface area contributed by atoms with Crippen LogP contribution in [0, 0.1) is 0 Å². The van der Waals surface area contributed by atoms with E-state index in [1.165, 1.54) is 18.4 Å². The molecule has 122 valence electrons. The van der Waals surface area contributed by atoms with Gasteiger partial charge in [-0.2, -0.15) is 0 Å². The fourth-order valence-electron chi connectivity index (χ4n) is 1.82. The highest BCUT2D eigenvalue weighted by Crippen LogP contribution is 2.32. The second kappa shape index (κ2) is 6.86. The standard InChI is InChI=1S/C15H14Cl2N2O3S/c1-15(2,14(21)22-3)19-12(20)11-7-23-13(18-11)9-5-4-8(16)6-10(9)17/h4-7H,1-3H3,(H,19,20). The highest BCUT2D eigenvalue weighted by molar-refractivity contribution is 7.13. The number of benzene rings is 1. The summed E-state index contributed by atoms with van der Waals surface area (Å²) in [5.74, 6) is -1.00. The summed E-state index contributed by atoms with van der Waals surface area (Å²) in [5.41, 5.74) is -0.256. The first-order chi connectivity index (χ1) is 10.7. The predicted molar refractivity (Wildman–Crippen MR) is 91.1 cm³/mol. The van der Waals surface area contributed by atoms with Gasteiger partial charge in [-0.05, 0) is 32.0 Å². The second-order valence-corrected chi connectivity index (χ2v) is 6.93. The first-order valence-corrected chi connectivity index (χ1v) is 8.20. The number of carbonyl (C=O) groups is 2. The molecule has 0 fully saturated rings. The van der Waals surface area contributed by atoms with Gasteiger partial charge in [0.05, 0.1) is 12.1 Å². The summed E-state index contributed by atoms with van der Waals surface area (Å²) in [4.78, 5) is 28.1. The average Bonchev–Trinajstić information content (AvgIpc) is 2.95.